The maximum atomic E-state index is 12.5. The van der Waals surface area contributed by atoms with E-state index in [9.17, 15) is 9.90 Å². The molecule has 1 amide bonds. The van der Waals surface area contributed by atoms with E-state index in [-0.39, 0.29) is 23.8 Å². The smallest absolute Gasteiger partial charge is 0.227 e. The number of phenolic OH excluding ortho intramolecular Hbond substituents is 1. The molecule has 2 atom stereocenters. The molecule has 1 saturated heterocycles. The molecule has 1 heterocycles. The van der Waals surface area contributed by atoms with Gasteiger partial charge in [0.15, 0.2) is 0 Å². The standard InChI is InChI=1S/C16H21NO3/c18-13-5-3-4-12(10-13)11-16(19)17-8-9-20-15-7-2-1-6-14(15)17/h3-5,10,14-15,18H,1-2,6-9,11H2. The predicted octanol–water partition coefficient (Wildman–Crippen LogP) is 2.10. The summed E-state index contributed by atoms with van der Waals surface area (Å²) < 4.78 is 5.80. The lowest BCUT2D eigenvalue weighted by Gasteiger charge is -2.43. The summed E-state index contributed by atoms with van der Waals surface area (Å²) in [5.41, 5.74) is 0.869. The van der Waals surface area contributed by atoms with Crippen LogP contribution >= 0.6 is 0 Å². The van der Waals surface area contributed by atoms with Gasteiger partial charge in [0.1, 0.15) is 5.75 Å². The quantitative estimate of drug-likeness (QED) is 0.899. The van der Waals surface area contributed by atoms with Gasteiger partial charge in [-0.05, 0) is 30.5 Å². The molecule has 3 rings (SSSR count). The third-order valence-corrected chi connectivity index (χ3v) is 4.32. The first kappa shape index (κ1) is 13.4. The molecule has 20 heavy (non-hydrogen) atoms. The molecule has 1 aromatic carbocycles. The molecule has 0 bridgehead atoms. The number of benzene rings is 1. The molecule has 0 radical (unpaired) electrons. The number of amides is 1. The molecule has 0 aromatic heterocycles. The largest absolute Gasteiger partial charge is 0.508 e. The summed E-state index contributed by atoms with van der Waals surface area (Å²) in [5.74, 6) is 0.364. The third-order valence-electron chi connectivity index (χ3n) is 4.32. The molecule has 1 aliphatic carbocycles. The van der Waals surface area contributed by atoms with E-state index >= 15 is 0 Å². The second kappa shape index (κ2) is 5.83. The zero-order valence-corrected chi connectivity index (χ0v) is 11.6. The second-order valence-corrected chi connectivity index (χ2v) is 5.69. The monoisotopic (exact) mass is 275 g/mol. The van der Waals surface area contributed by atoms with E-state index in [1.54, 1.807) is 18.2 Å². The van der Waals surface area contributed by atoms with Gasteiger partial charge >= 0.3 is 0 Å². The Morgan fingerprint density at radius 1 is 1.35 bits per heavy atom. The first-order valence-electron chi connectivity index (χ1n) is 7.43. The van der Waals surface area contributed by atoms with E-state index in [1.165, 1.54) is 12.8 Å². The Balaban J connectivity index is 1.69. The fourth-order valence-electron chi connectivity index (χ4n) is 3.35. The zero-order chi connectivity index (χ0) is 13.9. The molecule has 1 aliphatic heterocycles. The molecule has 2 unspecified atom stereocenters. The highest BCUT2D eigenvalue weighted by molar-refractivity contribution is 5.79. The number of aromatic hydroxyl groups is 1. The molecule has 4 heteroatoms. The Hall–Kier alpha value is -1.55. The van der Waals surface area contributed by atoms with Crippen LogP contribution in [0, 0.1) is 0 Å². The van der Waals surface area contributed by atoms with Crippen molar-refractivity contribution >= 4 is 5.91 Å². The number of carbonyl (C=O) groups excluding carboxylic acids is 1. The Bertz CT molecular complexity index is 486. The normalized spacial score (nSPS) is 26.1. The predicted molar refractivity (Wildman–Crippen MR) is 75.5 cm³/mol. The van der Waals surface area contributed by atoms with Gasteiger partial charge in [-0.25, -0.2) is 0 Å². The van der Waals surface area contributed by atoms with Crippen molar-refractivity contribution in [3.05, 3.63) is 29.8 Å². The van der Waals surface area contributed by atoms with Gasteiger partial charge in [0, 0.05) is 6.54 Å². The van der Waals surface area contributed by atoms with Crippen molar-refractivity contribution in [1.29, 1.82) is 0 Å². The van der Waals surface area contributed by atoms with E-state index in [0.29, 0.717) is 19.6 Å². The second-order valence-electron chi connectivity index (χ2n) is 5.69. The average Bonchev–Trinajstić information content (AvgIpc) is 2.46. The van der Waals surface area contributed by atoms with Crippen LogP contribution in [0.25, 0.3) is 0 Å². The first-order chi connectivity index (χ1) is 9.74. The average molecular weight is 275 g/mol. The number of phenols is 1. The fraction of sp³-hybridized carbons (Fsp3) is 0.562. The van der Waals surface area contributed by atoms with Gasteiger partial charge in [-0.1, -0.05) is 25.0 Å². The van der Waals surface area contributed by atoms with Gasteiger partial charge in [-0.3, -0.25) is 4.79 Å². The summed E-state index contributed by atoms with van der Waals surface area (Å²) in [5, 5.41) is 9.48. The number of rotatable bonds is 2. The molecule has 2 aliphatic rings. The van der Waals surface area contributed by atoms with Crippen LogP contribution in [0.4, 0.5) is 0 Å². The summed E-state index contributed by atoms with van der Waals surface area (Å²) in [7, 11) is 0. The molecule has 2 fully saturated rings. The van der Waals surface area contributed by atoms with Crippen molar-refractivity contribution < 1.29 is 14.6 Å². The number of nitrogens with zero attached hydrogens (tertiary/aromatic N) is 1. The lowest BCUT2D eigenvalue weighted by Crippen LogP contribution is -2.55. The summed E-state index contributed by atoms with van der Waals surface area (Å²) in [6, 6.07) is 7.20. The third kappa shape index (κ3) is 2.80. The van der Waals surface area contributed by atoms with E-state index in [1.807, 2.05) is 11.0 Å². The molecule has 1 saturated carbocycles. The zero-order valence-electron chi connectivity index (χ0n) is 11.6. The molecular weight excluding hydrogens is 254 g/mol. The van der Waals surface area contributed by atoms with Crippen molar-refractivity contribution in [2.75, 3.05) is 13.2 Å². The Morgan fingerprint density at radius 3 is 3.05 bits per heavy atom. The molecule has 0 spiro atoms. The molecule has 108 valence electrons. The van der Waals surface area contributed by atoms with Crippen molar-refractivity contribution in [3.63, 3.8) is 0 Å². The minimum atomic E-state index is 0.149. The van der Waals surface area contributed by atoms with Gasteiger partial charge in [0.25, 0.3) is 0 Å². The summed E-state index contributed by atoms with van der Waals surface area (Å²) in [6.07, 6.45) is 5.09. The minimum Gasteiger partial charge on any atom is -0.508 e. The molecule has 1 N–H and O–H groups in total. The maximum Gasteiger partial charge on any atom is 0.227 e. The van der Waals surface area contributed by atoms with Crippen molar-refractivity contribution in [1.82, 2.24) is 4.90 Å². The number of hydrogen-bond acceptors (Lipinski definition) is 3. The van der Waals surface area contributed by atoms with E-state index < -0.39 is 0 Å². The highest BCUT2D eigenvalue weighted by Crippen LogP contribution is 2.29. The highest BCUT2D eigenvalue weighted by Gasteiger charge is 2.36. The van der Waals surface area contributed by atoms with Gasteiger partial charge < -0.3 is 14.7 Å². The van der Waals surface area contributed by atoms with Crippen LogP contribution < -0.4 is 0 Å². The lowest BCUT2D eigenvalue weighted by molar-refractivity contribution is -0.148. The summed E-state index contributed by atoms with van der Waals surface area (Å²) in [4.78, 5) is 14.5. The van der Waals surface area contributed by atoms with Crippen molar-refractivity contribution in [3.8, 4) is 5.75 Å². The Labute approximate surface area is 119 Å². The van der Waals surface area contributed by atoms with Gasteiger partial charge in [0.05, 0.1) is 25.2 Å². The van der Waals surface area contributed by atoms with Gasteiger partial charge in [-0.15, -0.1) is 0 Å². The van der Waals surface area contributed by atoms with Crippen LogP contribution in [0.2, 0.25) is 0 Å². The summed E-state index contributed by atoms with van der Waals surface area (Å²) in [6.45, 7) is 1.34. The topological polar surface area (TPSA) is 49.8 Å². The Kier molecular flexibility index (Phi) is 3.92. The van der Waals surface area contributed by atoms with Crippen LogP contribution in [0.1, 0.15) is 31.2 Å². The van der Waals surface area contributed by atoms with Crippen molar-refractivity contribution in [2.24, 2.45) is 0 Å². The maximum absolute atomic E-state index is 12.5. The first-order valence-corrected chi connectivity index (χ1v) is 7.43. The lowest BCUT2D eigenvalue weighted by atomic mass is 9.90. The van der Waals surface area contributed by atoms with E-state index in [0.717, 1.165) is 18.4 Å². The molecule has 4 nitrogen and oxygen atoms in total. The number of fused-ring (bicyclic) bond motifs is 1. The minimum absolute atomic E-state index is 0.149. The summed E-state index contributed by atoms with van der Waals surface area (Å²) >= 11 is 0. The van der Waals surface area contributed by atoms with Crippen molar-refractivity contribution in [2.45, 2.75) is 44.2 Å². The van der Waals surface area contributed by atoms with Crippen LogP contribution in [-0.4, -0.2) is 41.2 Å². The van der Waals surface area contributed by atoms with Crippen LogP contribution in [0.3, 0.4) is 0 Å². The highest BCUT2D eigenvalue weighted by atomic mass is 16.5. The Morgan fingerprint density at radius 2 is 2.20 bits per heavy atom. The van der Waals surface area contributed by atoms with Crippen LogP contribution in [0.15, 0.2) is 24.3 Å². The van der Waals surface area contributed by atoms with E-state index in [2.05, 4.69) is 0 Å². The molecular formula is C16H21NO3. The number of hydrogen-bond donors (Lipinski definition) is 1. The van der Waals surface area contributed by atoms with Gasteiger partial charge in [0.2, 0.25) is 5.91 Å². The van der Waals surface area contributed by atoms with Crippen LogP contribution in [-0.2, 0) is 16.0 Å². The molecule has 1 aromatic rings. The van der Waals surface area contributed by atoms with Gasteiger partial charge in [-0.2, -0.15) is 0 Å². The fourth-order valence-corrected chi connectivity index (χ4v) is 3.35. The van der Waals surface area contributed by atoms with Crippen LogP contribution in [0.5, 0.6) is 5.75 Å². The number of ether oxygens (including phenoxy) is 1. The van der Waals surface area contributed by atoms with E-state index in [4.69, 9.17) is 4.74 Å². The number of morpholine rings is 1. The SMILES string of the molecule is O=C(Cc1cccc(O)c1)N1CCOC2CCCCC21. The number of carbonyl (C=O) groups is 1.